The van der Waals surface area contributed by atoms with Crippen molar-refractivity contribution in [3.8, 4) is 11.5 Å². The molecule has 0 bridgehead atoms. The molecular weight excluding hydrogens is 330 g/mol. The van der Waals surface area contributed by atoms with Gasteiger partial charge in [0.15, 0.2) is 11.6 Å². The van der Waals surface area contributed by atoms with Crippen LogP contribution in [0.1, 0.15) is 21.5 Å². The summed E-state index contributed by atoms with van der Waals surface area (Å²) in [6.07, 6.45) is 5.03. The average Bonchev–Trinajstić information content (AvgIpc) is 2.68. The van der Waals surface area contributed by atoms with Gasteiger partial charge in [-0.15, -0.1) is 0 Å². The van der Waals surface area contributed by atoms with Crippen LogP contribution in [0.2, 0.25) is 0 Å². The largest absolute Gasteiger partial charge is 0.496 e. The second-order valence-corrected chi connectivity index (χ2v) is 5.64. The fraction of sp³-hybridized carbons (Fsp3) is 0.150. The van der Waals surface area contributed by atoms with Crippen LogP contribution in [0.15, 0.2) is 61.1 Å². The van der Waals surface area contributed by atoms with Gasteiger partial charge >= 0.3 is 0 Å². The quantitative estimate of drug-likeness (QED) is 0.736. The number of benzene rings is 1. The number of hydrogen-bond acceptors (Lipinski definition) is 5. The second kappa shape index (κ2) is 8.11. The highest BCUT2D eigenvalue weighted by Crippen LogP contribution is 2.24. The number of pyridine rings is 2. The maximum atomic E-state index is 12.5. The number of ether oxygens (including phenoxy) is 2. The Morgan fingerprint density at radius 3 is 2.73 bits per heavy atom. The number of carbonyl (C=O) groups is 1. The molecule has 1 aromatic carbocycles. The maximum Gasteiger partial charge on any atom is 0.257 e. The Bertz CT molecular complexity index is 898. The summed E-state index contributed by atoms with van der Waals surface area (Å²) >= 11 is 0. The van der Waals surface area contributed by atoms with Crippen LogP contribution in [-0.2, 0) is 6.61 Å². The molecule has 26 heavy (non-hydrogen) atoms. The molecular formula is C20H19N3O3. The van der Waals surface area contributed by atoms with Gasteiger partial charge in [0, 0.05) is 29.7 Å². The van der Waals surface area contributed by atoms with Gasteiger partial charge in [-0.1, -0.05) is 12.1 Å². The van der Waals surface area contributed by atoms with Crippen molar-refractivity contribution < 1.29 is 14.3 Å². The first-order chi connectivity index (χ1) is 12.7. The molecule has 0 aliphatic heterocycles. The Morgan fingerprint density at radius 2 is 1.96 bits per heavy atom. The van der Waals surface area contributed by atoms with Crippen LogP contribution in [0.3, 0.4) is 0 Å². The van der Waals surface area contributed by atoms with Gasteiger partial charge in [0.2, 0.25) is 0 Å². The first-order valence-electron chi connectivity index (χ1n) is 8.10. The maximum absolute atomic E-state index is 12.5. The zero-order chi connectivity index (χ0) is 18.4. The third-order valence-corrected chi connectivity index (χ3v) is 3.79. The summed E-state index contributed by atoms with van der Waals surface area (Å²) in [4.78, 5) is 20.8. The van der Waals surface area contributed by atoms with Crippen LogP contribution in [0.25, 0.3) is 0 Å². The summed E-state index contributed by atoms with van der Waals surface area (Å²) in [7, 11) is 1.58. The highest BCUT2D eigenvalue weighted by molar-refractivity contribution is 6.04. The number of aryl methyl sites for hydroxylation is 1. The van der Waals surface area contributed by atoms with Gasteiger partial charge in [-0.3, -0.25) is 9.78 Å². The van der Waals surface area contributed by atoms with E-state index >= 15 is 0 Å². The van der Waals surface area contributed by atoms with Crippen molar-refractivity contribution in [2.75, 3.05) is 12.4 Å². The van der Waals surface area contributed by atoms with Crippen molar-refractivity contribution in [2.24, 2.45) is 0 Å². The van der Waals surface area contributed by atoms with E-state index in [0.29, 0.717) is 29.5 Å². The summed E-state index contributed by atoms with van der Waals surface area (Å²) in [6, 6.07) is 12.6. The van der Waals surface area contributed by atoms with E-state index in [1.807, 2.05) is 25.1 Å². The molecule has 132 valence electrons. The lowest BCUT2D eigenvalue weighted by Crippen LogP contribution is -2.14. The van der Waals surface area contributed by atoms with Crippen molar-refractivity contribution >= 4 is 11.7 Å². The minimum absolute atomic E-state index is 0.284. The molecule has 0 saturated carbocycles. The molecule has 2 heterocycles. The van der Waals surface area contributed by atoms with E-state index in [2.05, 4.69) is 15.3 Å². The monoisotopic (exact) mass is 349 g/mol. The number of hydrogen-bond donors (Lipinski definition) is 1. The second-order valence-electron chi connectivity index (χ2n) is 5.64. The molecule has 3 rings (SSSR count). The smallest absolute Gasteiger partial charge is 0.257 e. The van der Waals surface area contributed by atoms with Crippen LogP contribution >= 0.6 is 0 Å². The predicted octanol–water partition coefficient (Wildman–Crippen LogP) is 3.62. The zero-order valence-corrected chi connectivity index (χ0v) is 14.6. The number of methoxy groups -OCH3 is 1. The Morgan fingerprint density at radius 1 is 1.12 bits per heavy atom. The van der Waals surface area contributed by atoms with E-state index in [1.165, 1.54) is 0 Å². The number of rotatable bonds is 6. The number of aromatic nitrogens is 2. The molecule has 0 fully saturated rings. The van der Waals surface area contributed by atoms with Gasteiger partial charge in [0.05, 0.1) is 7.11 Å². The molecule has 0 unspecified atom stereocenters. The lowest BCUT2D eigenvalue weighted by atomic mass is 10.1. The van der Waals surface area contributed by atoms with Gasteiger partial charge in [-0.05, 0) is 42.8 Å². The molecule has 0 aliphatic rings. The minimum atomic E-state index is -0.284. The van der Waals surface area contributed by atoms with Gasteiger partial charge < -0.3 is 14.8 Å². The Kier molecular flexibility index (Phi) is 5.43. The third-order valence-electron chi connectivity index (χ3n) is 3.79. The molecule has 6 nitrogen and oxygen atoms in total. The number of carbonyl (C=O) groups excluding carboxylic acids is 1. The standard InChI is InChI=1S/C20H19N3O3/c1-14-7-8-16(11-18(14)25-2)20(24)23-19-17(6-4-10-22-19)26-13-15-5-3-9-21-12-15/h3-12H,13H2,1-2H3,(H,22,23,24). The first kappa shape index (κ1) is 17.4. The summed E-state index contributed by atoms with van der Waals surface area (Å²) in [5.41, 5.74) is 2.37. The lowest BCUT2D eigenvalue weighted by molar-refractivity contribution is 0.102. The van der Waals surface area contributed by atoms with Crippen LogP contribution in [0, 0.1) is 6.92 Å². The van der Waals surface area contributed by atoms with Gasteiger partial charge in [-0.2, -0.15) is 0 Å². The van der Waals surface area contributed by atoms with E-state index in [-0.39, 0.29) is 5.91 Å². The van der Waals surface area contributed by atoms with Crippen LogP contribution < -0.4 is 14.8 Å². The third kappa shape index (κ3) is 4.16. The first-order valence-corrected chi connectivity index (χ1v) is 8.10. The molecule has 0 radical (unpaired) electrons. The molecule has 0 atom stereocenters. The summed E-state index contributed by atoms with van der Waals surface area (Å²) in [6.45, 7) is 2.25. The number of nitrogens with one attached hydrogen (secondary N) is 1. The molecule has 0 spiro atoms. The van der Waals surface area contributed by atoms with Gasteiger partial charge in [0.1, 0.15) is 12.4 Å². The summed E-state index contributed by atoms with van der Waals surface area (Å²) in [5, 5.41) is 2.79. The van der Waals surface area contributed by atoms with Crippen LogP contribution in [-0.4, -0.2) is 23.0 Å². The minimum Gasteiger partial charge on any atom is -0.496 e. The Labute approximate surface area is 151 Å². The molecule has 6 heteroatoms. The van der Waals surface area contributed by atoms with E-state index < -0.39 is 0 Å². The normalized spacial score (nSPS) is 10.2. The molecule has 1 N–H and O–H groups in total. The SMILES string of the molecule is COc1cc(C(=O)Nc2ncccc2OCc2cccnc2)ccc1C. The Balaban J connectivity index is 1.74. The predicted molar refractivity (Wildman–Crippen MR) is 98.5 cm³/mol. The Hall–Kier alpha value is -3.41. The van der Waals surface area contributed by atoms with Crippen LogP contribution in [0.4, 0.5) is 5.82 Å². The lowest BCUT2D eigenvalue weighted by Gasteiger charge is -2.12. The van der Waals surface area contributed by atoms with Crippen molar-refractivity contribution in [3.05, 3.63) is 77.7 Å². The zero-order valence-electron chi connectivity index (χ0n) is 14.6. The van der Waals surface area contributed by atoms with E-state index in [1.54, 1.807) is 50.0 Å². The molecule has 0 saturated heterocycles. The fourth-order valence-corrected chi connectivity index (χ4v) is 2.39. The van der Waals surface area contributed by atoms with E-state index in [9.17, 15) is 4.79 Å². The number of anilines is 1. The molecule has 1 amide bonds. The van der Waals surface area contributed by atoms with Crippen molar-refractivity contribution in [1.29, 1.82) is 0 Å². The molecule has 0 aliphatic carbocycles. The van der Waals surface area contributed by atoms with Crippen molar-refractivity contribution in [1.82, 2.24) is 9.97 Å². The number of nitrogens with zero attached hydrogens (tertiary/aromatic N) is 2. The number of amides is 1. The van der Waals surface area contributed by atoms with Gasteiger partial charge in [0.25, 0.3) is 5.91 Å². The molecule has 3 aromatic rings. The van der Waals surface area contributed by atoms with Crippen molar-refractivity contribution in [3.63, 3.8) is 0 Å². The van der Waals surface area contributed by atoms with E-state index in [0.717, 1.165) is 11.1 Å². The average molecular weight is 349 g/mol. The van der Waals surface area contributed by atoms with E-state index in [4.69, 9.17) is 9.47 Å². The summed E-state index contributed by atoms with van der Waals surface area (Å²) < 4.78 is 11.1. The molecule has 2 aromatic heterocycles. The van der Waals surface area contributed by atoms with Crippen molar-refractivity contribution in [2.45, 2.75) is 13.5 Å². The van der Waals surface area contributed by atoms with Crippen LogP contribution in [0.5, 0.6) is 11.5 Å². The highest BCUT2D eigenvalue weighted by Gasteiger charge is 2.13. The topological polar surface area (TPSA) is 73.3 Å². The fourth-order valence-electron chi connectivity index (χ4n) is 2.39. The van der Waals surface area contributed by atoms with Gasteiger partial charge in [-0.25, -0.2) is 4.98 Å². The summed E-state index contributed by atoms with van der Waals surface area (Å²) in [5.74, 6) is 1.23. The highest BCUT2D eigenvalue weighted by atomic mass is 16.5.